The van der Waals surface area contributed by atoms with E-state index in [1.165, 1.54) is 7.11 Å². The van der Waals surface area contributed by atoms with Gasteiger partial charge in [-0.3, -0.25) is 9.59 Å². The molecular formula is C13H21NO5. The Hall–Kier alpha value is -1.43. The highest BCUT2D eigenvalue weighted by atomic mass is 16.5. The summed E-state index contributed by atoms with van der Waals surface area (Å²) in [6.07, 6.45) is 1.95. The third kappa shape index (κ3) is 4.98. The maximum Gasteiger partial charge on any atom is 0.328 e. The van der Waals surface area contributed by atoms with Gasteiger partial charge in [-0.15, -0.1) is 0 Å². The molecule has 2 atom stereocenters. The van der Waals surface area contributed by atoms with Crippen LogP contribution in [0.25, 0.3) is 0 Å². The minimum absolute atomic E-state index is 0.0558. The van der Waals surface area contributed by atoms with E-state index in [0.717, 1.165) is 6.42 Å². The van der Waals surface area contributed by atoms with Crippen LogP contribution in [0.4, 0.5) is 0 Å². The molecule has 1 aliphatic rings. The zero-order valence-corrected chi connectivity index (χ0v) is 11.4. The van der Waals surface area contributed by atoms with Crippen molar-refractivity contribution in [1.82, 2.24) is 5.32 Å². The minimum atomic E-state index is -0.780. The number of carbonyl (C=O) groups excluding carboxylic acids is 3. The molecule has 0 aromatic carbocycles. The molecule has 1 fully saturated rings. The first-order chi connectivity index (χ1) is 9.08. The number of amides is 1. The van der Waals surface area contributed by atoms with Crippen LogP contribution in [0.5, 0.6) is 0 Å². The number of methoxy groups -OCH3 is 1. The van der Waals surface area contributed by atoms with Gasteiger partial charge in [0.25, 0.3) is 0 Å². The molecule has 6 heteroatoms. The Bertz CT molecular complexity index is 336. The molecule has 1 heterocycles. The third-order valence-corrected chi connectivity index (χ3v) is 3.13. The zero-order valence-electron chi connectivity index (χ0n) is 11.4. The van der Waals surface area contributed by atoms with Crippen LogP contribution in [0.1, 0.15) is 39.0 Å². The molecule has 0 spiro atoms. The van der Waals surface area contributed by atoms with Gasteiger partial charge in [0.2, 0.25) is 5.91 Å². The second-order valence-electron chi connectivity index (χ2n) is 4.52. The van der Waals surface area contributed by atoms with Crippen molar-refractivity contribution in [3.63, 3.8) is 0 Å². The predicted octanol–water partition coefficient (Wildman–Crippen LogP) is 0.583. The van der Waals surface area contributed by atoms with Crippen LogP contribution in [0.2, 0.25) is 0 Å². The first kappa shape index (κ1) is 15.6. The van der Waals surface area contributed by atoms with Gasteiger partial charge in [-0.25, -0.2) is 4.79 Å². The molecule has 1 saturated heterocycles. The van der Waals surface area contributed by atoms with E-state index in [0.29, 0.717) is 19.4 Å². The lowest BCUT2D eigenvalue weighted by molar-refractivity contribution is -0.146. The van der Waals surface area contributed by atoms with Gasteiger partial charge in [-0.05, 0) is 19.3 Å². The van der Waals surface area contributed by atoms with Crippen LogP contribution in [-0.4, -0.2) is 43.5 Å². The van der Waals surface area contributed by atoms with Crippen LogP contribution >= 0.6 is 0 Å². The Morgan fingerprint density at radius 1 is 1.42 bits per heavy atom. The molecule has 0 bridgehead atoms. The molecule has 0 aromatic rings. The number of nitrogens with one attached hydrogen (secondary N) is 1. The quantitative estimate of drug-likeness (QED) is 0.685. The second kappa shape index (κ2) is 7.89. The number of rotatable bonds is 7. The summed E-state index contributed by atoms with van der Waals surface area (Å²) in [4.78, 5) is 34.7. The van der Waals surface area contributed by atoms with Gasteiger partial charge < -0.3 is 14.8 Å². The molecule has 1 N–H and O–H groups in total. The van der Waals surface area contributed by atoms with Crippen molar-refractivity contribution in [2.24, 2.45) is 0 Å². The van der Waals surface area contributed by atoms with Gasteiger partial charge in [0.05, 0.1) is 7.11 Å². The normalized spacial score (nSPS) is 19.8. The van der Waals surface area contributed by atoms with Crippen molar-refractivity contribution in [2.75, 3.05) is 13.7 Å². The first-order valence-electron chi connectivity index (χ1n) is 6.60. The largest absolute Gasteiger partial charge is 0.467 e. The molecular weight excluding hydrogens is 250 g/mol. The van der Waals surface area contributed by atoms with E-state index in [9.17, 15) is 14.4 Å². The molecule has 19 heavy (non-hydrogen) atoms. The number of Topliss-reactive ketones (excluding diaryl/α,β-unsaturated/α-hetero) is 1. The topological polar surface area (TPSA) is 81.7 Å². The third-order valence-electron chi connectivity index (χ3n) is 3.13. The average molecular weight is 271 g/mol. The van der Waals surface area contributed by atoms with Crippen LogP contribution in [-0.2, 0) is 23.9 Å². The number of ether oxygens (including phenoxy) is 2. The number of ketones is 1. The van der Waals surface area contributed by atoms with E-state index in [-0.39, 0.29) is 24.5 Å². The van der Waals surface area contributed by atoms with Gasteiger partial charge in [-0.1, -0.05) is 6.92 Å². The lowest BCUT2D eigenvalue weighted by atomic mass is 10.1. The molecule has 0 radical (unpaired) electrons. The maximum absolute atomic E-state index is 11.9. The molecule has 6 nitrogen and oxygen atoms in total. The first-order valence-corrected chi connectivity index (χ1v) is 6.60. The van der Waals surface area contributed by atoms with E-state index in [4.69, 9.17) is 4.74 Å². The van der Waals surface area contributed by atoms with E-state index in [2.05, 4.69) is 10.1 Å². The van der Waals surface area contributed by atoms with Crippen molar-refractivity contribution >= 4 is 17.7 Å². The summed E-state index contributed by atoms with van der Waals surface area (Å²) in [6, 6.07) is -0.780. The fourth-order valence-electron chi connectivity index (χ4n) is 1.92. The summed E-state index contributed by atoms with van der Waals surface area (Å²) in [5.74, 6) is -0.785. The fourth-order valence-corrected chi connectivity index (χ4v) is 1.92. The van der Waals surface area contributed by atoms with Crippen LogP contribution in [0, 0.1) is 0 Å². The zero-order chi connectivity index (χ0) is 14.3. The molecule has 108 valence electrons. The van der Waals surface area contributed by atoms with Crippen LogP contribution < -0.4 is 5.32 Å². The van der Waals surface area contributed by atoms with E-state index in [1.54, 1.807) is 6.92 Å². The van der Waals surface area contributed by atoms with Crippen molar-refractivity contribution < 1.29 is 23.9 Å². The number of carbonyl (C=O) groups is 3. The molecule has 0 saturated carbocycles. The highest BCUT2D eigenvalue weighted by Crippen LogP contribution is 2.13. The Morgan fingerprint density at radius 2 is 2.16 bits per heavy atom. The summed E-state index contributed by atoms with van der Waals surface area (Å²) >= 11 is 0. The number of esters is 1. The van der Waals surface area contributed by atoms with Crippen molar-refractivity contribution in [1.29, 1.82) is 0 Å². The molecule has 0 aliphatic carbocycles. The van der Waals surface area contributed by atoms with E-state index < -0.39 is 18.1 Å². The summed E-state index contributed by atoms with van der Waals surface area (Å²) < 4.78 is 9.88. The van der Waals surface area contributed by atoms with Crippen LogP contribution in [0.3, 0.4) is 0 Å². The molecule has 0 aromatic heterocycles. The van der Waals surface area contributed by atoms with Gasteiger partial charge in [0.1, 0.15) is 17.9 Å². The summed E-state index contributed by atoms with van der Waals surface area (Å²) in [5, 5.41) is 2.60. The smallest absolute Gasteiger partial charge is 0.328 e. The lowest BCUT2D eigenvalue weighted by Gasteiger charge is -2.18. The Morgan fingerprint density at radius 3 is 2.68 bits per heavy atom. The van der Waals surface area contributed by atoms with E-state index >= 15 is 0 Å². The van der Waals surface area contributed by atoms with Gasteiger partial charge in [0, 0.05) is 19.4 Å². The standard InChI is InChI=1S/C13H21NO5/c1-3-9(15)6-7-10(13(17)18-2)14-12(16)11-5-4-8-19-11/h10-11H,3-8H2,1-2H3,(H,14,16)/t10-,11+/m0/s1. The second-order valence-corrected chi connectivity index (χ2v) is 4.52. The fraction of sp³-hybridized carbons (Fsp3) is 0.769. The lowest BCUT2D eigenvalue weighted by Crippen LogP contribution is -2.46. The van der Waals surface area contributed by atoms with E-state index in [1.807, 2.05) is 0 Å². The number of hydrogen-bond acceptors (Lipinski definition) is 5. The highest BCUT2D eigenvalue weighted by Gasteiger charge is 2.28. The molecule has 1 amide bonds. The Kier molecular flexibility index (Phi) is 6.49. The summed E-state index contributed by atoms with van der Waals surface area (Å²) in [5.41, 5.74) is 0. The predicted molar refractivity (Wildman–Crippen MR) is 67.5 cm³/mol. The average Bonchev–Trinajstić information content (AvgIpc) is 2.95. The van der Waals surface area contributed by atoms with Crippen molar-refractivity contribution in [2.45, 2.75) is 51.2 Å². The summed E-state index contributed by atoms with van der Waals surface area (Å²) in [7, 11) is 1.26. The molecule has 0 unspecified atom stereocenters. The Labute approximate surface area is 112 Å². The Balaban J connectivity index is 2.50. The minimum Gasteiger partial charge on any atom is -0.467 e. The van der Waals surface area contributed by atoms with Gasteiger partial charge >= 0.3 is 5.97 Å². The monoisotopic (exact) mass is 271 g/mol. The summed E-state index contributed by atoms with van der Waals surface area (Å²) in [6.45, 7) is 2.33. The van der Waals surface area contributed by atoms with Gasteiger partial charge in [0.15, 0.2) is 0 Å². The van der Waals surface area contributed by atoms with Crippen molar-refractivity contribution in [3.05, 3.63) is 0 Å². The maximum atomic E-state index is 11.9. The van der Waals surface area contributed by atoms with Crippen molar-refractivity contribution in [3.8, 4) is 0 Å². The molecule has 1 aliphatic heterocycles. The highest BCUT2D eigenvalue weighted by molar-refractivity contribution is 5.87. The van der Waals surface area contributed by atoms with Gasteiger partial charge in [-0.2, -0.15) is 0 Å². The molecule has 1 rings (SSSR count). The SMILES string of the molecule is CCC(=O)CC[C@H](NC(=O)[C@H]1CCCO1)C(=O)OC. The van der Waals surface area contributed by atoms with Crippen LogP contribution in [0.15, 0.2) is 0 Å². The number of hydrogen-bond donors (Lipinski definition) is 1.